The Bertz CT molecular complexity index is 559. The molecule has 3 atom stereocenters. The normalized spacial score (nSPS) is 29.8. The third kappa shape index (κ3) is 2.85. The van der Waals surface area contributed by atoms with Crippen LogP contribution < -0.4 is 0 Å². The number of carbonyl (C=O) groups is 2. The van der Waals surface area contributed by atoms with Crippen LogP contribution in [0.2, 0.25) is 0 Å². The minimum absolute atomic E-state index is 0.00832. The third-order valence-electron chi connectivity index (χ3n) is 4.76. The van der Waals surface area contributed by atoms with Crippen LogP contribution >= 0.6 is 0 Å². The van der Waals surface area contributed by atoms with Crippen molar-refractivity contribution in [3.05, 3.63) is 23.8 Å². The number of oxime groups is 1. The average molecular weight is 305 g/mol. The predicted molar refractivity (Wildman–Crippen MR) is 83.3 cm³/mol. The quantitative estimate of drug-likeness (QED) is 0.327. The van der Waals surface area contributed by atoms with E-state index in [2.05, 4.69) is 16.6 Å². The number of carbonyl (C=O) groups excluding carboxylic acids is 2. The van der Waals surface area contributed by atoms with Gasteiger partial charge in [0.15, 0.2) is 5.78 Å². The van der Waals surface area contributed by atoms with E-state index in [1.807, 2.05) is 20.8 Å². The number of hydrogen-bond acceptors (Lipinski definition) is 5. The molecular weight excluding hydrogens is 282 g/mol. The first-order valence-corrected chi connectivity index (χ1v) is 7.45. The van der Waals surface area contributed by atoms with Crippen molar-refractivity contribution in [2.45, 2.75) is 39.7 Å². The lowest BCUT2D eigenvalue weighted by molar-refractivity contribution is -0.150. The standard InChI is InChI=1S/C17H23NO4/c1-6-7-11-10(2)14(8-13(11)19)22-16(20)15-12(9-18-21-5)17(15,3)4/h6,9,12,14-15H,1,7-8H2,2-5H3/b18-9+/t12-,14+,15+/m1/s1. The van der Waals surface area contributed by atoms with Crippen LogP contribution in [0, 0.1) is 17.3 Å². The first-order valence-electron chi connectivity index (χ1n) is 7.45. The Morgan fingerprint density at radius 2 is 2.18 bits per heavy atom. The maximum Gasteiger partial charge on any atom is 0.310 e. The lowest BCUT2D eigenvalue weighted by Crippen LogP contribution is -2.20. The number of Topliss-reactive ketones (excluding diaryl/α,β-unsaturated/α-hetero) is 1. The summed E-state index contributed by atoms with van der Waals surface area (Å²) in [6.07, 6.45) is 3.67. The summed E-state index contributed by atoms with van der Waals surface area (Å²) in [5, 5.41) is 3.75. The first-order chi connectivity index (χ1) is 10.3. The molecule has 5 heteroatoms. The van der Waals surface area contributed by atoms with Gasteiger partial charge in [-0.25, -0.2) is 0 Å². The van der Waals surface area contributed by atoms with Gasteiger partial charge in [0.2, 0.25) is 0 Å². The van der Waals surface area contributed by atoms with E-state index in [4.69, 9.17) is 4.74 Å². The van der Waals surface area contributed by atoms with Gasteiger partial charge in [0.1, 0.15) is 13.2 Å². The van der Waals surface area contributed by atoms with Crippen LogP contribution in [0.4, 0.5) is 0 Å². The number of ether oxygens (including phenoxy) is 1. The molecule has 0 radical (unpaired) electrons. The molecule has 0 heterocycles. The molecule has 0 aromatic rings. The molecule has 0 aromatic carbocycles. The Morgan fingerprint density at radius 3 is 2.77 bits per heavy atom. The van der Waals surface area contributed by atoms with Gasteiger partial charge < -0.3 is 9.57 Å². The summed E-state index contributed by atoms with van der Waals surface area (Å²) >= 11 is 0. The van der Waals surface area contributed by atoms with Gasteiger partial charge >= 0.3 is 5.97 Å². The van der Waals surface area contributed by atoms with Crippen molar-refractivity contribution in [3.63, 3.8) is 0 Å². The van der Waals surface area contributed by atoms with Crippen LogP contribution in [-0.4, -0.2) is 31.2 Å². The maximum atomic E-state index is 12.4. The Hall–Kier alpha value is -1.91. The van der Waals surface area contributed by atoms with E-state index in [1.165, 1.54) is 7.11 Å². The highest BCUT2D eigenvalue weighted by molar-refractivity contribution is 6.00. The molecule has 1 fully saturated rings. The van der Waals surface area contributed by atoms with Crippen LogP contribution in [0.1, 0.15) is 33.6 Å². The van der Waals surface area contributed by atoms with Gasteiger partial charge in [0.05, 0.1) is 12.3 Å². The summed E-state index contributed by atoms with van der Waals surface area (Å²) in [4.78, 5) is 29.0. The van der Waals surface area contributed by atoms with Crippen molar-refractivity contribution in [3.8, 4) is 0 Å². The topological polar surface area (TPSA) is 65.0 Å². The second kappa shape index (κ2) is 6.07. The fourth-order valence-electron chi connectivity index (χ4n) is 3.15. The fraction of sp³-hybridized carbons (Fsp3) is 0.588. The van der Waals surface area contributed by atoms with Crippen molar-refractivity contribution >= 4 is 18.0 Å². The highest BCUT2D eigenvalue weighted by atomic mass is 16.6. The number of ketones is 1. The molecule has 2 aliphatic rings. The van der Waals surface area contributed by atoms with E-state index in [-0.39, 0.29) is 35.4 Å². The Kier molecular flexibility index (Phi) is 4.54. The molecule has 0 saturated heterocycles. The monoisotopic (exact) mass is 305 g/mol. The lowest BCUT2D eigenvalue weighted by Gasteiger charge is -2.13. The Labute approximate surface area is 131 Å². The van der Waals surface area contributed by atoms with Gasteiger partial charge in [0.25, 0.3) is 0 Å². The summed E-state index contributed by atoms with van der Waals surface area (Å²) in [6, 6.07) is 0. The SMILES string of the molecule is C=CCC1=C(C)[C@@H](OC(=O)[C@@H]2[C@@H](/C=N/OC)C2(C)C)CC1=O. The van der Waals surface area contributed by atoms with Gasteiger partial charge in [-0.1, -0.05) is 25.1 Å². The molecule has 22 heavy (non-hydrogen) atoms. The van der Waals surface area contributed by atoms with Crippen molar-refractivity contribution in [1.82, 2.24) is 0 Å². The smallest absolute Gasteiger partial charge is 0.310 e. The zero-order chi connectivity index (χ0) is 16.5. The molecule has 0 amide bonds. The summed E-state index contributed by atoms with van der Waals surface area (Å²) in [5.74, 6) is -0.455. The maximum absolute atomic E-state index is 12.4. The minimum Gasteiger partial charge on any atom is -0.457 e. The van der Waals surface area contributed by atoms with Crippen LogP contribution in [0.25, 0.3) is 0 Å². The van der Waals surface area contributed by atoms with Crippen LogP contribution in [0.15, 0.2) is 29.0 Å². The zero-order valence-electron chi connectivity index (χ0n) is 13.6. The molecular formula is C17H23NO4. The average Bonchev–Trinajstić information content (AvgIpc) is 2.91. The van der Waals surface area contributed by atoms with Gasteiger partial charge in [-0.3, -0.25) is 9.59 Å². The van der Waals surface area contributed by atoms with Crippen molar-refractivity contribution < 1.29 is 19.2 Å². The van der Waals surface area contributed by atoms with E-state index in [0.29, 0.717) is 6.42 Å². The summed E-state index contributed by atoms with van der Waals surface area (Å²) in [6.45, 7) is 9.50. The van der Waals surface area contributed by atoms with Gasteiger partial charge in [-0.05, 0) is 24.3 Å². The highest BCUT2D eigenvalue weighted by Crippen LogP contribution is 2.58. The number of allylic oxidation sites excluding steroid dienone is 2. The molecule has 2 rings (SSSR count). The number of rotatable bonds is 6. The minimum atomic E-state index is -0.439. The molecule has 0 unspecified atom stereocenters. The second-order valence-electron chi connectivity index (χ2n) is 6.47. The summed E-state index contributed by atoms with van der Waals surface area (Å²) < 4.78 is 5.59. The molecule has 0 bridgehead atoms. The van der Waals surface area contributed by atoms with E-state index in [9.17, 15) is 9.59 Å². The number of hydrogen-bond donors (Lipinski definition) is 0. The first kappa shape index (κ1) is 16.5. The van der Waals surface area contributed by atoms with Crippen molar-refractivity contribution in [2.75, 3.05) is 7.11 Å². The second-order valence-corrected chi connectivity index (χ2v) is 6.47. The highest BCUT2D eigenvalue weighted by Gasteiger charge is 2.62. The van der Waals surface area contributed by atoms with E-state index in [1.54, 1.807) is 12.3 Å². The number of nitrogens with zero attached hydrogens (tertiary/aromatic N) is 1. The molecule has 0 aromatic heterocycles. The third-order valence-corrected chi connectivity index (χ3v) is 4.76. The summed E-state index contributed by atoms with van der Waals surface area (Å²) in [5.41, 5.74) is 1.38. The van der Waals surface area contributed by atoms with Crippen molar-refractivity contribution in [2.24, 2.45) is 22.4 Å². The van der Waals surface area contributed by atoms with E-state index < -0.39 is 6.10 Å². The molecule has 120 valence electrons. The van der Waals surface area contributed by atoms with Gasteiger partial charge in [0, 0.05) is 17.7 Å². The van der Waals surface area contributed by atoms with E-state index in [0.717, 1.165) is 11.1 Å². The molecule has 1 saturated carbocycles. The number of esters is 1. The Balaban J connectivity index is 2.03. The van der Waals surface area contributed by atoms with Crippen LogP contribution in [0.3, 0.4) is 0 Å². The fourth-order valence-corrected chi connectivity index (χ4v) is 3.15. The largest absolute Gasteiger partial charge is 0.457 e. The molecule has 0 spiro atoms. The van der Waals surface area contributed by atoms with E-state index >= 15 is 0 Å². The van der Waals surface area contributed by atoms with Gasteiger partial charge in [-0.15, -0.1) is 6.58 Å². The molecule has 0 aliphatic heterocycles. The lowest BCUT2D eigenvalue weighted by atomic mass is 10.1. The predicted octanol–water partition coefficient (Wildman–Crippen LogP) is 2.67. The van der Waals surface area contributed by atoms with Crippen LogP contribution in [0.5, 0.6) is 0 Å². The summed E-state index contributed by atoms with van der Waals surface area (Å²) in [7, 11) is 1.47. The van der Waals surface area contributed by atoms with Crippen molar-refractivity contribution in [1.29, 1.82) is 0 Å². The molecule has 5 nitrogen and oxygen atoms in total. The zero-order valence-corrected chi connectivity index (χ0v) is 13.6. The molecule has 0 N–H and O–H groups in total. The Morgan fingerprint density at radius 1 is 1.50 bits per heavy atom. The van der Waals surface area contributed by atoms with Crippen LogP contribution in [-0.2, 0) is 19.2 Å². The molecule has 2 aliphatic carbocycles. The van der Waals surface area contributed by atoms with Gasteiger partial charge in [-0.2, -0.15) is 0 Å².